The van der Waals surface area contributed by atoms with Crippen molar-refractivity contribution in [1.29, 1.82) is 0 Å². The van der Waals surface area contributed by atoms with Gasteiger partial charge in [-0.2, -0.15) is 0 Å². The van der Waals surface area contributed by atoms with Gasteiger partial charge >= 0.3 is 0 Å². The molecule has 31 heavy (non-hydrogen) atoms. The van der Waals surface area contributed by atoms with Crippen LogP contribution in [0.2, 0.25) is 0 Å². The van der Waals surface area contributed by atoms with Crippen LogP contribution < -0.4 is 4.72 Å². The number of aromatic nitrogens is 3. The van der Waals surface area contributed by atoms with E-state index in [2.05, 4.69) is 15.0 Å². The van der Waals surface area contributed by atoms with E-state index in [1.54, 1.807) is 0 Å². The number of nitrogens with one attached hydrogen (secondary N) is 1. The first kappa shape index (κ1) is 21.1. The van der Waals surface area contributed by atoms with Crippen LogP contribution in [-0.4, -0.2) is 54.9 Å². The van der Waals surface area contributed by atoms with E-state index in [9.17, 15) is 8.42 Å². The molecule has 3 fully saturated rings. The zero-order valence-electron chi connectivity index (χ0n) is 17.6. The standard InChI is InChI=1S/C22H30N4O4S/c27-31(28,15-17-9-5-2-6-10-17)24-19-13-29-22-20(14-30-21(19)22)26-12-18(23-25-26)11-16-7-3-1-4-8-16/h2,5-6,9-10,12,16,19-22,24H,1,3-4,7-8,11,13-15H2/t19-,20+,21-,22+/m1/s1. The summed E-state index contributed by atoms with van der Waals surface area (Å²) in [4.78, 5) is 0. The molecule has 0 radical (unpaired) electrons. The highest BCUT2D eigenvalue weighted by Gasteiger charge is 2.49. The molecule has 3 aliphatic rings. The molecule has 2 saturated heterocycles. The third-order valence-corrected chi connectivity index (χ3v) is 8.05. The summed E-state index contributed by atoms with van der Waals surface area (Å²) in [6.07, 6.45) is 8.97. The molecule has 1 aromatic carbocycles. The molecule has 0 unspecified atom stereocenters. The van der Waals surface area contributed by atoms with Crippen LogP contribution >= 0.6 is 0 Å². The average molecular weight is 447 g/mol. The minimum Gasteiger partial charge on any atom is -0.371 e. The Kier molecular flexibility index (Phi) is 6.10. The second-order valence-electron chi connectivity index (χ2n) is 9.03. The Morgan fingerprint density at radius 2 is 1.81 bits per heavy atom. The van der Waals surface area contributed by atoms with Crippen LogP contribution in [-0.2, 0) is 31.7 Å². The fourth-order valence-electron chi connectivity index (χ4n) is 5.13. The SMILES string of the molecule is O=S(=O)(Cc1ccccc1)N[C@@H]1CO[C@@H]2[C@@H]1OC[C@@H]2n1cc(CC2CCCCC2)nn1. The molecule has 168 valence electrons. The van der Waals surface area contributed by atoms with E-state index in [0.29, 0.717) is 19.1 Å². The largest absolute Gasteiger partial charge is 0.371 e. The number of nitrogens with zero attached hydrogens (tertiary/aromatic N) is 3. The summed E-state index contributed by atoms with van der Waals surface area (Å²) >= 11 is 0. The highest BCUT2D eigenvalue weighted by Crippen LogP contribution is 2.34. The van der Waals surface area contributed by atoms with E-state index >= 15 is 0 Å². The van der Waals surface area contributed by atoms with Gasteiger partial charge in [0.1, 0.15) is 18.2 Å². The Morgan fingerprint density at radius 3 is 2.61 bits per heavy atom. The van der Waals surface area contributed by atoms with Gasteiger partial charge in [-0.15, -0.1) is 5.10 Å². The normalized spacial score (nSPS) is 29.3. The Balaban J connectivity index is 1.20. The van der Waals surface area contributed by atoms with E-state index in [-0.39, 0.29) is 24.0 Å². The molecule has 0 spiro atoms. The molecule has 5 rings (SSSR count). The molecule has 0 bridgehead atoms. The molecule has 2 aliphatic heterocycles. The summed E-state index contributed by atoms with van der Waals surface area (Å²) in [6.45, 7) is 0.738. The summed E-state index contributed by atoms with van der Waals surface area (Å²) in [7, 11) is -3.50. The lowest BCUT2D eigenvalue weighted by Gasteiger charge is -2.20. The smallest absolute Gasteiger partial charge is 0.216 e. The highest BCUT2D eigenvalue weighted by molar-refractivity contribution is 7.88. The second-order valence-corrected chi connectivity index (χ2v) is 10.8. The van der Waals surface area contributed by atoms with Gasteiger partial charge in [-0.3, -0.25) is 0 Å². The van der Waals surface area contributed by atoms with Gasteiger partial charge in [0, 0.05) is 6.20 Å². The first-order chi connectivity index (χ1) is 15.1. The summed E-state index contributed by atoms with van der Waals surface area (Å²) in [5, 5.41) is 8.73. The molecule has 9 heteroatoms. The fourth-order valence-corrected chi connectivity index (χ4v) is 6.51. The van der Waals surface area contributed by atoms with Crippen LogP contribution in [0.15, 0.2) is 36.5 Å². The number of sulfonamides is 1. The molecule has 2 aromatic rings. The molecule has 8 nitrogen and oxygen atoms in total. The maximum Gasteiger partial charge on any atom is 0.216 e. The van der Waals surface area contributed by atoms with E-state index in [4.69, 9.17) is 9.47 Å². The molecule has 4 atom stereocenters. The number of ether oxygens (including phenoxy) is 2. The van der Waals surface area contributed by atoms with Crippen LogP contribution in [0.5, 0.6) is 0 Å². The quantitative estimate of drug-likeness (QED) is 0.701. The molecule has 1 aromatic heterocycles. The van der Waals surface area contributed by atoms with Crippen LogP contribution in [0.3, 0.4) is 0 Å². The maximum absolute atomic E-state index is 12.6. The first-order valence-corrected chi connectivity index (χ1v) is 12.9. The maximum atomic E-state index is 12.6. The second kappa shape index (κ2) is 8.97. The molecule has 1 saturated carbocycles. The Hall–Kier alpha value is -1.81. The molecular weight excluding hydrogens is 416 g/mol. The predicted molar refractivity (Wildman–Crippen MR) is 115 cm³/mol. The Bertz CT molecular complexity index is 974. The number of benzene rings is 1. The van der Waals surface area contributed by atoms with Crippen LogP contribution in [0, 0.1) is 5.92 Å². The molecular formula is C22H30N4O4S. The summed E-state index contributed by atoms with van der Waals surface area (Å²) in [5.41, 5.74) is 1.78. The third-order valence-electron chi connectivity index (χ3n) is 6.68. The van der Waals surface area contributed by atoms with Gasteiger partial charge in [0.05, 0.1) is 30.7 Å². The minimum atomic E-state index is -3.50. The third kappa shape index (κ3) is 4.84. The van der Waals surface area contributed by atoms with Gasteiger partial charge in [-0.05, 0) is 17.9 Å². The molecule has 0 amide bonds. The molecule has 1 N–H and O–H groups in total. The van der Waals surface area contributed by atoms with Gasteiger partial charge in [0.25, 0.3) is 0 Å². The summed E-state index contributed by atoms with van der Waals surface area (Å²) < 4.78 is 41.9. The van der Waals surface area contributed by atoms with Gasteiger partial charge in [-0.25, -0.2) is 17.8 Å². The topological polar surface area (TPSA) is 95.3 Å². The van der Waals surface area contributed by atoms with Crippen molar-refractivity contribution in [3.8, 4) is 0 Å². The van der Waals surface area contributed by atoms with E-state index in [1.807, 2.05) is 41.2 Å². The zero-order valence-corrected chi connectivity index (χ0v) is 18.4. The lowest BCUT2D eigenvalue weighted by Crippen LogP contribution is -2.44. The van der Waals surface area contributed by atoms with Crippen molar-refractivity contribution in [3.05, 3.63) is 47.8 Å². The number of hydrogen-bond acceptors (Lipinski definition) is 6. The fraction of sp³-hybridized carbons (Fsp3) is 0.636. The van der Waals surface area contributed by atoms with Crippen molar-refractivity contribution in [2.24, 2.45) is 5.92 Å². The van der Waals surface area contributed by atoms with Gasteiger partial charge in [0.2, 0.25) is 10.0 Å². The lowest BCUT2D eigenvalue weighted by atomic mass is 9.86. The number of hydrogen-bond donors (Lipinski definition) is 1. The summed E-state index contributed by atoms with van der Waals surface area (Å²) in [6, 6.07) is 8.69. The predicted octanol–water partition coefficient (Wildman–Crippen LogP) is 2.23. The average Bonchev–Trinajstić information content (AvgIpc) is 3.47. The molecule has 1 aliphatic carbocycles. The molecule has 3 heterocycles. The lowest BCUT2D eigenvalue weighted by molar-refractivity contribution is 0.0624. The van der Waals surface area contributed by atoms with E-state index in [1.165, 1.54) is 32.1 Å². The van der Waals surface area contributed by atoms with Gasteiger partial charge in [0.15, 0.2) is 0 Å². The van der Waals surface area contributed by atoms with Crippen molar-refractivity contribution in [3.63, 3.8) is 0 Å². The van der Waals surface area contributed by atoms with Crippen molar-refractivity contribution < 1.29 is 17.9 Å². The van der Waals surface area contributed by atoms with Crippen LogP contribution in [0.4, 0.5) is 0 Å². The van der Waals surface area contributed by atoms with E-state index in [0.717, 1.165) is 17.7 Å². The van der Waals surface area contributed by atoms with Crippen LogP contribution in [0.1, 0.15) is 49.4 Å². The van der Waals surface area contributed by atoms with Gasteiger partial charge < -0.3 is 9.47 Å². The van der Waals surface area contributed by atoms with Crippen LogP contribution in [0.25, 0.3) is 0 Å². The van der Waals surface area contributed by atoms with Crippen molar-refractivity contribution in [2.75, 3.05) is 13.2 Å². The Labute approximate surface area is 183 Å². The van der Waals surface area contributed by atoms with Gasteiger partial charge in [-0.1, -0.05) is 67.6 Å². The number of rotatable bonds is 7. The van der Waals surface area contributed by atoms with E-state index < -0.39 is 16.1 Å². The van der Waals surface area contributed by atoms with Crippen molar-refractivity contribution >= 4 is 10.0 Å². The van der Waals surface area contributed by atoms with Crippen molar-refractivity contribution in [1.82, 2.24) is 19.7 Å². The monoisotopic (exact) mass is 446 g/mol. The first-order valence-electron chi connectivity index (χ1n) is 11.3. The number of fused-ring (bicyclic) bond motifs is 1. The Morgan fingerprint density at radius 1 is 1.03 bits per heavy atom. The summed E-state index contributed by atoms with van der Waals surface area (Å²) in [5.74, 6) is 0.649. The highest BCUT2D eigenvalue weighted by atomic mass is 32.2. The minimum absolute atomic E-state index is 0.0568. The zero-order chi connectivity index (χ0) is 21.3. The van der Waals surface area contributed by atoms with Crippen molar-refractivity contribution in [2.45, 2.75) is 68.6 Å².